The summed E-state index contributed by atoms with van der Waals surface area (Å²) >= 11 is 0. The molecule has 1 aromatic heterocycles. The van der Waals surface area contributed by atoms with Crippen molar-refractivity contribution in [2.24, 2.45) is 5.73 Å². The number of ether oxygens (including phenoxy) is 2. The Morgan fingerprint density at radius 1 is 1.11 bits per heavy atom. The van der Waals surface area contributed by atoms with Gasteiger partial charge in [0.2, 0.25) is 0 Å². The molecule has 2 aromatic rings. The van der Waals surface area contributed by atoms with Crippen LogP contribution < -0.4 is 15.2 Å². The van der Waals surface area contributed by atoms with Crippen molar-refractivity contribution in [3.05, 3.63) is 29.5 Å². The third kappa shape index (κ3) is 2.24. The topological polar surface area (TPSA) is 57.4 Å². The summed E-state index contributed by atoms with van der Waals surface area (Å²) in [5, 5.41) is 1.04. The van der Waals surface area contributed by atoms with Crippen LogP contribution in [0.3, 0.4) is 0 Å². The van der Waals surface area contributed by atoms with E-state index in [1.807, 2.05) is 19.1 Å². The largest absolute Gasteiger partial charge is 0.493 e. The molecule has 2 rings (SSSR count). The van der Waals surface area contributed by atoms with E-state index in [0.29, 0.717) is 18.0 Å². The van der Waals surface area contributed by atoms with Gasteiger partial charge in [0.05, 0.1) is 19.7 Å². The molecule has 0 amide bonds. The van der Waals surface area contributed by atoms with Crippen LogP contribution in [0.4, 0.5) is 0 Å². The van der Waals surface area contributed by atoms with Crippen molar-refractivity contribution in [3.63, 3.8) is 0 Å². The Morgan fingerprint density at radius 2 is 1.78 bits per heavy atom. The van der Waals surface area contributed by atoms with Gasteiger partial charge in [-0.3, -0.25) is 4.98 Å². The minimum Gasteiger partial charge on any atom is -0.493 e. The average Bonchev–Trinajstić information content (AvgIpc) is 2.38. The van der Waals surface area contributed by atoms with Gasteiger partial charge in [0, 0.05) is 17.1 Å². The Morgan fingerprint density at radius 3 is 2.39 bits per heavy atom. The highest BCUT2D eigenvalue weighted by molar-refractivity contribution is 5.83. The molecule has 18 heavy (non-hydrogen) atoms. The van der Waals surface area contributed by atoms with Crippen LogP contribution in [0.1, 0.15) is 11.3 Å². The molecule has 0 fully saturated rings. The number of rotatable bonds is 4. The monoisotopic (exact) mass is 246 g/mol. The lowest BCUT2D eigenvalue weighted by Gasteiger charge is -2.11. The van der Waals surface area contributed by atoms with Crippen LogP contribution in [0.2, 0.25) is 0 Å². The number of hydrogen-bond acceptors (Lipinski definition) is 4. The van der Waals surface area contributed by atoms with Crippen LogP contribution in [-0.4, -0.2) is 25.7 Å². The molecule has 0 spiro atoms. The van der Waals surface area contributed by atoms with Crippen molar-refractivity contribution in [3.8, 4) is 11.5 Å². The lowest BCUT2D eigenvalue weighted by molar-refractivity contribution is 0.356. The fraction of sp³-hybridized carbons (Fsp3) is 0.357. The van der Waals surface area contributed by atoms with E-state index >= 15 is 0 Å². The Hall–Kier alpha value is -1.81. The molecule has 1 aromatic carbocycles. The number of benzene rings is 1. The first-order valence-corrected chi connectivity index (χ1v) is 5.92. The maximum Gasteiger partial charge on any atom is 0.162 e. The highest BCUT2D eigenvalue weighted by Crippen LogP contribution is 2.32. The van der Waals surface area contributed by atoms with Gasteiger partial charge in [-0.1, -0.05) is 0 Å². The molecular weight excluding hydrogens is 228 g/mol. The van der Waals surface area contributed by atoms with E-state index in [4.69, 9.17) is 15.2 Å². The second-order valence-corrected chi connectivity index (χ2v) is 4.17. The van der Waals surface area contributed by atoms with Crippen molar-refractivity contribution in [2.75, 3.05) is 20.8 Å². The minimum atomic E-state index is 0.626. The van der Waals surface area contributed by atoms with Gasteiger partial charge in [0.25, 0.3) is 0 Å². The highest BCUT2D eigenvalue weighted by atomic mass is 16.5. The van der Waals surface area contributed by atoms with Gasteiger partial charge in [-0.15, -0.1) is 0 Å². The maximum atomic E-state index is 5.60. The van der Waals surface area contributed by atoms with Crippen LogP contribution >= 0.6 is 0 Å². The Kier molecular flexibility index (Phi) is 3.67. The van der Waals surface area contributed by atoms with Crippen molar-refractivity contribution in [1.82, 2.24) is 4.98 Å². The molecule has 0 unspecified atom stereocenters. The van der Waals surface area contributed by atoms with E-state index in [9.17, 15) is 0 Å². The summed E-state index contributed by atoms with van der Waals surface area (Å²) in [6.45, 7) is 2.63. The van der Waals surface area contributed by atoms with E-state index in [-0.39, 0.29) is 0 Å². The van der Waals surface area contributed by atoms with Gasteiger partial charge >= 0.3 is 0 Å². The van der Waals surface area contributed by atoms with Gasteiger partial charge in [0.15, 0.2) is 11.5 Å². The minimum absolute atomic E-state index is 0.626. The molecule has 0 saturated carbocycles. The fourth-order valence-corrected chi connectivity index (χ4v) is 2.05. The number of pyridine rings is 1. The van der Waals surface area contributed by atoms with Crippen molar-refractivity contribution in [1.29, 1.82) is 0 Å². The zero-order chi connectivity index (χ0) is 13.1. The Labute approximate surface area is 107 Å². The third-order valence-electron chi connectivity index (χ3n) is 3.03. The normalized spacial score (nSPS) is 10.7. The molecule has 2 N–H and O–H groups in total. The molecule has 0 aliphatic carbocycles. The number of fused-ring (bicyclic) bond motifs is 1. The molecule has 0 bridgehead atoms. The summed E-state index contributed by atoms with van der Waals surface area (Å²) in [7, 11) is 3.26. The first kappa shape index (κ1) is 12.6. The number of nitrogens with zero attached hydrogens (tertiary/aromatic N) is 1. The molecule has 0 radical (unpaired) electrons. The van der Waals surface area contributed by atoms with Gasteiger partial charge < -0.3 is 15.2 Å². The smallest absolute Gasteiger partial charge is 0.162 e. The molecule has 96 valence electrons. The predicted molar refractivity (Wildman–Crippen MR) is 72.3 cm³/mol. The lowest BCUT2D eigenvalue weighted by atomic mass is 10.1. The summed E-state index contributed by atoms with van der Waals surface area (Å²) in [5.41, 5.74) is 8.70. The fourth-order valence-electron chi connectivity index (χ4n) is 2.05. The molecule has 4 nitrogen and oxygen atoms in total. The molecule has 4 heteroatoms. The van der Waals surface area contributed by atoms with Gasteiger partial charge in [-0.05, 0) is 37.6 Å². The number of methoxy groups -OCH3 is 2. The first-order chi connectivity index (χ1) is 8.69. The summed E-state index contributed by atoms with van der Waals surface area (Å²) in [6.07, 6.45) is 0.836. The standard InChI is InChI=1S/C14H18N2O2/c1-9-10(4-5-15)6-11-7-13(17-2)14(18-3)8-12(11)16-9/h6-8H,4-5,15H2,1-3H3. The van der Waals surface area contributed by atoms with Crippen LogP contribution in [0.15, 0.2) is 18.2 Å². The van der Waals surface area contributed by atoms with E-state index in [2.05, 4.69) is 11.1 Å². The maximum absolute atomic E-state index is 5.60. The van der Waals surface area contributed by atoms with Crippen LogP contribution in [0.25, 0.3) is 10.9 Å². The molecule has 0 aliphatic rings. The van der Waals surface area contributed by atoms with Crippen molar-refractivity contribution < 1.29 is 9.47 Å². The van der Waals surface area contributed by atoms with E-state index in [0.717, 1.165) is 23.0 Å². The van der Waals surface area contributed by atoms with E-state index in [1.54, 1.807) is 14.2 Å². The highest BCUT2D eigenvalue weighted by Gasteiger charge is 2.09. The molecule has 0 atom stereocenters. The number of hydrogen-bond donors (Lipinski definition) is 1. The third-order valence-corrected chi connectivity index (χ3v) is 3.03. The van der Waals surface area contributed by atoms with Crippen LogP contribution in [0.5, 0.6) is 11.5 Å². The van der Waals surface area contributed by atoms with Crippen molar-refractivity contribution in [2.45, 2.75) is 13.3 Å². The second kappa shape index (κ2) is 5.23. The summed E-state index contributed by atoms with van der Waals surface area (Å²) in [6, 6.07) is 5.96. The Bertz CT molecular complexity index is 567. The number of aryl methyl sites for hydroxylation is 1. The number of nitrogens with two attached hydrogens (primary N) is 1. The van der Waals surface area contributed by atoms with E-state index < -0.39 is 0 Å². The van der Waals surface area contributed by atoms with Crippen LogP contribution in [0, 0.1) is 6.92 Å². The van der Waals surface area contributed by atoms with Gasteiger partial charge in [-0.25, -0.2) is 0 Å². The SMILES string of the molecule is COc1cc2cc(CCN)c(C)nc2cc1OC. The van der Waals surface area contributed by atoms with Crippen LogP contribution in [-0.2, 0) is 6.42 Å². The Balaban J connectivity index is 2.62. The van der Waals surface area contributed by atoms with Gasteiger partial charge in [-0.2, -0.15) is 0 Å². The first-order valence-electron chi connectivity index (χ1n) is 5.92. The molecule has 1 heterocycles. The van der Waals surface area contributed by atoms with E-state index in [1.165, 1.54) is 5.56 Å². The van der Waals surface area contributed by atoms with Crippen molar-refractivity contribution >= 4 is 10.9 Å². The quantitative estimate of drug-likeness (QED) is 0.897. The number of aromatic nitrogens is 1. The zero-order valence-electron chi connectivity index (χ0n) is 11.0. The predicted octanol–water partition coefficient (Wildman–Crippen LogP) is 2.06. The molecule has 0 saturated heterocycles. The second-order valence-electron chi connectivity index (χ2n) is 4.17. The summed E-state index contributed by atoms with van der Waals surface area (Å²) in [4.78, 5) is 4.59. The summed E-state index contributed by atoms with van der Waals surface area (Å²) in [5.74, 6) is 1.41. The zero-order valence-corrected chi connectivity index (χ0v) is 11.0. The molecule has 0 aliphatic heterocycles. The van der Waals surface area contributed by atoms with Gasteiger partial charge in [0.1, 0.15) is 0 Å². The lowest BCUT2D eigenvalue weighted by Crippen LogP contribution is -2.05. The average molecular weight is 246 g/mol. The summed E-state index contributed by atoms with van der Waals surface area (Å²) < 4.78 is 10.6. The molecular formula is C14H18N2O2.